The predicted octanol–water partition coefficient (Wildman–Crippen LogP) is 0.843. The van der Waals surface area contributed by atoms with E-state index in [-0.39, 0.29) is 11.5 Å². The average Bonchev–Trinajstić information content (AvgIpc) is 2.38. The highest BCUT2D eigenvalue weighted by molar-refractivity contribution is 9.26. The van der Waals surface area contributed by atoms with Crippen molar-refractivity contribution in [3.05, 3.63) is 0 Å². The third-order valence-corrected chi connectivity index (χ3v) is 8.42. The number of hydrogen-bond donors (Lipinski definition) is 4. The van der Waals surface area contributed by atoms with Crippen molar-refractivity contribution in [3.8, 4) is 0 Å². The minimum absolute atomic E-state index is 0.182. The number of amides is 2. The second-order valence-corrected chi connectivity index (χ2v) is 9.98. The molecule has 0 heterocycles. The SMILES string of the molecule is CC(=O)NC(CSSSSCC(NC(C)=O)C(=O)O)C(=O)O. The van der Waals surface area contributed by atoms with Gasteiger partial charge in [-0.25, -0.2) is 9.59 Å². The zero-order chi connectivity index (χ0) is 17.1. The highest BCUT2D eigenvalue weighted by atomic mass is 33.7. The number of hydrogen-bond acceptors (Lipinski definition) is 8. The molecule has 0 saturated carbocycles. The maximum atomic E-state index is 10.9. The highest BCUT2D eigenvalue weighted by Gasteiger charge is 2.20. The van der Waals surface area contributed by atoms with Crippen molar-refractivity contribution in [2.24, 2.45) is 0 Å². The Morgan fingerprint density at radius 2 is 1.14 bits per heavy atom. The van der Waals surface area contributed by atoms with Crippen molar-refractivity contribution >= 4 is 65.0 Å². The maximum Gasteiger partial charge on any atom is 0.327 e. The number of carbonyl (C=O) groups is 4. The van der Waals surface area contributed by atoms with E-state index in [4.69, 9.17) is 10.2 Å². The third-order valence-electron chi connectivity index (χ3n) is 1.94. The summed E-state index contributed by atoms with van der Waals surface area (Å²) in [5.74, 6) is -2.70. The molecule has 2 atom stereocenters. The van der Waals surface area contributed by atoms with Gasteiger partial charge >= 0.3 is 11.9 Å². The van der Waals surface area contributed by atoms with Gasteiger partial charge in [-0.05, 0) is 19.7 Å². The van der Waals surface area contributed by atoms with Crippen molar-refractivity contribution in [2.75, 3.05) is 11.5 Å². The molecule has 0 spiro atoms. The van der Waals surface area contributed by atoms with Gasteiger partial charge in [-0.3, -0.25) is 9.59 Å². The summed E-state index contributed by atoms with van der Waals surface area (Å²) in [7, 11) is 5.02. The van der Waals surface area contributed by atoms with Crippen LogP contribution in [0.1, 0.15) is 13.8 Å². The molecule has 0 radical (unpaired) electrons. The molecule has 2 unspecified atom stereocenters. The standard InChI is InChI=1S/C10H16N2O6S4/c1-5(13)11-7(9(15)16)3-19-21-22-20-4-8(10(17)18)12-6(2)14/h7-8H,3-4H2,1-2H3,(H,11,13)(H,12,14)(H,15,16)(H,17,18). The molecule has 0 fully saturated rings. The lowest BCUT2D eigenvalue weighted by atomic mass is 10.3. The van der Waals surface area contributed by atoms with Gasteiger partial charge in [0.1, 0.15) is 12.1 Å². The summed E-state index contributed by atoms with van der Waals surface area (Å²) in [5, 5.41) is 22.4. The van der Waals surface area contributed by atoms with Gasteiger partial charge in [-0.15, -0.1) is 0 Å². The van der Waals surface area contributed by atoms with E-state index in [0.717, 1.165) is 0 Å². The lowest BCUT2D eigenvalue weighted by Crippen LogP contribution is -2.41. The number of nitrogens with one attached hydrogen (secondary N) is 2. The van der Waals surface area contributed by atoms with Gasteiger partial charge in [-0.1, -0.05) is 21.6 Å². The topological polar surface area (TPSA) is 133 Å². The first-order valence-corrected chi connectivity index (χ1v) is 11.0. The number of rotatable bonds is 11. The van der Waals surface area contributed by atoms with Crippen molar-refractivity contribution < 1.29 is 29.4 Å². The van der Waals surface area contributed by atoms with Gasteiger partial charge < -0.3 is 20.8 Å². The van der Waals surface area contributed by atoms with Crippen molar-refractivity contribution in [2.45, 2.75) is 25.9 Å². The molecule has 0 aromatic rings. The van der Waals surface area contributed by atoms with Crippen LogP contribution in [0.15, 0.2) is 0 Å². The summed E-state index contributed by atoms with van der Waals surface area (Å²) in [5.41, 5.74) is 0. The zero-order valence-electron chi connectivity index (χ0n) is 11.7. The first-order valence-electron chi connectivity index (χ1n) is 5.81. The smallest absolute Gasteiger partial charge is 0.327 e. The molecule has 0 bridgehead atoms. The summed E-state index contributed by atoms with van der Waals surface area (Å²) in [6.07, 6.45) is 0. The summed E-state index contributed by atoms with van der Waals surface area (Å²) in [4.78, 5) is 43.4. The van der Waals surface area contributed by atoms with Gasteiger partial charge in [-0.2, -0.15) is 0 Å². The van der Waals surface area contributed by atoms with E-state index in [0.29, 0.717) is 0 Å². The van der Waals surface area contributed by atoms with Crippen LogP contribution < -0.4 is 10.6 Å². The quantitative estimate of drug-likeness (QED) is 0.298. The van der Waals surface area contributed by atoms with E-state index in [9.17, 15) is 19.2 Å². The van der Waals surface area contributed by atoms with Crippen LogP contribution in [0.25, 0.3) is 0 Å². The maximum absolute atomic E-state index is 10.9. The number of carbonyl (C=O) groups excluding carboxylic acids is 2. The molecule has 0 aromatic carbocycles. The Balaban J connectivity index is 3.91. The highest BCUT2D eigenvalue weighted by Crippen LogP contribution is 2.43. The molecule has 8 nitrogen and oxygen atoms in total. The van der Waals surface area contributed by atoms with Crippen LogP contribution in [0.3, 0.4) is 0 Å². The van der Waals surface area contributed by atoms with Crippen LogP contribution in [0.5, 0.6) is 0 Å². The Labute approximate surface area is 142 Å². The summed E-state index contributed by atoms with van der Waals surface area (Å²) < 4.78 is 0. The van der Waals surface area contributed by atoms with Crippen molar-refractivity contribution in [3.63, 3.8) is 0 Å². The molecule has 0 aliphatic carbocycles. The van der Waals surface area contributed by atoms with Crippen LogP contribution >= 0.6 is 41.2 Å². The number of carboxylic acid groups (broad SMARTS) is 2. The first kappa shape index (κ1) is 21.3. The molecule has 0 aliphatic heterocycles. The van der Waals surface area contributed by atoms with E-state index < -0.39 is 35.8 Å². The second kappa shape index (κ2) is 11.8. The summed E-state index contributed by atoms with van der Waals surface area (Å²) in [6.45, 7) is 2.48. The van der Waals surface area contributed by atoms with E-state index in [1.54, 1.807) is 0 Å². The Hall–Kier alpha value is -0.720. The van der Waals surface area contributed by atoms with Gasteiger partial charge in [0, 0.05) is 25.4 Å². The van der Waals surface area contributed by atoms with Gasteiger partial charge in [0.25, 0.3) is 0 Å². The third kappa shape index (κ3) is 10.9. The van der Waals surface area contributed by atoms with E-state index >= 15 is 0 Å². The Kier molecular flexibility index (Phi) is 11.4. The fraction of sp³-hybridized carbons (Fsp3) is 0.600. The molecule has 0 aliphatic rings. The number of aliphatic carboxylic acids is 2. The van der Waals surface area contributed by atoms with Crippen LogP contribution in [0, 0.1) is 0 Å². The van der Waals surface area contributed by atoms with Crippen molar-refractivity contribution in [1.29, 1.82) is 0 Å². The fourth-order valence-corrected chi connectivity index (χ4v) is 7.20. The summed E-state index contributed by atoms with van der Waals surface area (Å²) in [6, 6.07) is -1.93. The predicted molar refractivity (Wildman–Crippen MR) is 90.6 cm³/mol. The van der Waals surface area contributed by atoms with Crippen molar-refractivity contribution in [1.82, 2.24) is 10.6 Å². The largest absolute Gasteiger partial charge is 0.480 e. The molecule has 0 saturated heterocycles. The number of carboxylic acids is 2. The zero-order valence-corrected chi connectivity index (χ0v) is 15.0. The van der Waals surface area contributed by atoms with Gasteiger partial charge in [0.05, 0.1) is 0 Å². The molecule has 2 amide bonds. The molecule has 4 N–H and O–H groups in total. The summed E-state index contributed by atoms with van der Waals surface area (Å²) >= 11 is 0. The van der Waals surface area contributed by atoms with E-state index in [1.165, 1.54) is 55.1 Å². The minimum atomic E-state index is -1.11. The normalized spacial score (nSPS) is 13.0. The first-order chi connectivity index (χ1) is 10.2. The van der Waals surface area contributed by atoms with Crippen LogP contribution in [-0.4, -0.2) is 57.6 Å². The Morgan fingerprint density at radius 3 is 1.36 bits per heavy atom. The molecule has 0 aromatic heterocycles. The van der Waals surface area contributed by atoms with Gasteiger partial charge in [0.2, 0.25) is 11.8 Å². The second-order valence-electron chi connectivity index (χ2n) is 3.89. The monoisotopic (exact) mass is 388 g/mol. The molecule has 22 heavy (non-hydrogen) atoms. The molecular weight excluding hydrogens is 372 g/mol. The molecule has 12 heteroatoms. The Morgan fingerprint density at radius 1 is 0.818 bits per heavy atom. The molecule has 0 rings (SSSR count). The lowest BCUT2D eigenvalue weighted by Gasteiger charge is -2.13. The average molecular weight is 389 g/mol. The van der Waals surface area contributed by atoms with E-state index in [1.807, 2.05) is 0 Å². The molecule has 126 valence electrons. The van der Waals surface area contributed by atoms with Crippen LogP contribution in [0.4, 0.5) is 0 Å². The van der Waals surface area contributed by atoms with Crippen LogP contribution in [0.2, 0.25) is 0 Å². The van der Waals surface area contributed by atoms with Gasteiger partial charge in [0.15, 0.2) is 0 Å². The fourth-order valence-electron chi connectivity index (χ4n) is 1.07. The Bertz CT molecular complexity index is 384. The van der Waals surface area contributed by atoms with E-state index in [2.05, 4.69) is 10.6 Å². The molecular formula is C10H16N2O6S4. The van der Waals surface area contributed by atoms with Crippen LogP contribution in [-0.2, 0) is 19.2 Å². The lowest BCUT2D eigenvalue weighted by molar-refractivity contribution is -0.141. The minimum Gasteiger partial charge on any atom is -0.480 e.